The number of hydrogen-bond acceptors (Lipinski definition) is 6. The number of para-hydroxylation sites is 1. The average molecular weight is 289 g/mol. The van der Waals surface area contributed by atoms with Crippen molar-refractivity contribution in [3.63, 3.8) is 0 Å². The molecule has 21 heavy (non-hydrogen) atoms. The fourth-order valence-electron chi connectivity index (χ4n) is 2.48. The van der Waals surface area contributed by atoms with Gasteiger partial charge in [-0.2, -0.15) is 4.98 Å². The maximum atomic E-state index is 11.7. The highest BCUT2D eigenvalue weighted by atomic mass is 16.5. The third-order valence-corrected chi connectivity index (χ3v) is 3.36. The molecule has 0 spiro atoms. The molecule has 7 heteroatoms. The molecule has 110 valence electrons. The Hall–Kier alpha value is -2.41. The monoisotopic (exact) mass is 289 g/mol. The van der Waals surface area contributed by atoms with Crippen molar-refractivity contribution in [1.82, 2.24) is 15.0 Å². The van der Waals surface area contributed by atoms with E-state index in [0.717, 1.165) is 0 Å². The summed E-state index contributed by atoms with van der Waals surface area (Å²) in [5.41, 5.74) is 0.641. The van der Waals surface area contributed by atoms with E-state index < -0.39 is 12.0 Å². The number of carbonyl (C=O) groups is 1. The highest BCUT2D eigenvalue weighted by Crippen LogP contribution is 2.32. The predicted octanol–water partition coefficient (Wildman–Crippen LogP) is 1.40. The van der Waals surface area contributed by atoms with E-state index in [1.54, 1.807) is 30.0 Å². The lowest BCUT2D eigenvalue weighted by Crippen LogP contribution is -2.35. The van der Waals surface area contributed by atoms with Crippen molar-refractivity contribution < 1.29 is 19.2 Å². The number of fused-ring (bicyclic) bond motifs is 1. The molecule has 1 aromatic carbocycles. The maximum absolute atomic E-state index is 11.7. The summed E-state index contributed by atoms with van der Waals surface area (Å²) in [7, 11) is 0. The summed E-state index contributed by atoms with van der Waals surface area (Å²) in [4.78, 5) is 17.6. The average Bonchev–Trinajstić information content (AvgIpc) is 2.76. The SMILES string of the molecule is Cc1nc(CN2CCOc3ccccc3C2C(=O)O)no1. The third kappa shape index (κ3) is 2.73. The van der Waals surface area contributed by atoms with Crippen molar-refractivity contribution in [3.05, 3.63) is 41.5 Å². The summed E-state index contributed by atoms with van der Waals surface area (Å²) < 4.78 is 10.6. The normalized spacial score (nSPS) is 18.6. The second kappa shape index (κ2) is 5.53. The lowest BCUT2D eigenvalue weighted by atomic mass is 10.0. The molecule has 0 radical (unpaired) electrons. The number of rotatable bonds is 3. The fraction of sp³-hybridized carbons (Fsp3) is 0.357. The van der Waals surface area contributed by atoms with Crippen molar-refractivity contribution in [1.29, 1.82) is 0 Å². The van der Waals surface area contributed by atoms with Crippen LogP contribution in [0.2, 0.25) is 0 Å². The summed E-state index contributed by atoms with van der Waals surface area (Å²) in [6.45, 7) is 2.88. The van der Waals surface area contributed by atoms with Crippen molar-refractivity contribution in [2.75, 3.05) is 13.2 Å². The summed E-state index contributed by atoms with van der Waals surface area (Å²) in [6, 6.07) is 6.40. The van der Waals surface area contributed by atoms with Crippen LogP contribution < -0.4 is 4.74 Å². The number of benzene rings is 1. The van der Waals surface area contributed by atoms with Crippen LogP contribution in [0.5, 0.6) is 5.75 Å². The number of hydrogen-bond donors (Lipinski definition) is 1. The Morgan fingerprint density at radius 2 is 2.29 bits per heavy atom. The Labute approximate surface area is 121 Å². The number of ether oxygens (including phenoxy) is 1. The predicted molar refractivity (Wildman–Crippen MR) is 71.8 cm³/mol. The zero-order chi connectivity index (χ0) is 14.8. The first-order valence-electron chi connectivity index (χ1n) is 6.63. The molecule has 1 aliphatic rings. The summed E-state index contributed by atoms with van der Waals surface area (Å²) in [5.74, 6) is 0.617. The lowest BCUT2D eigenvalue weighted by Gasteiger charge is -2.25. The van der Waals surface area contributed by atoms with Crippen LogP contribution in [-0.2, 0) is 11.3 Å². The Morgan fingerprint density at radius 3 is 3.00 bits per heavy atom. The molecule has 2 heterocycles. The Morgan fingerprint density at radius 1 is 1.48 bits per heavy atom. The molecule has 1 unspecified atom stereocenters. The standard InChI is InChI=1S/C14H15N3O4/c1-9-15-12(16-21-9)8-17-6-7-20-11-5-3-2-4-10(11)13(17)14(18)19/h2-5,13H,6-8H2,1H3,(H,18,19). The van der Waals surface area contributed by atoms with Crippen molar-refractivity contribution in [2.24, 2.45) is 0 Å². The van der Waals surface area contributed by atoms with Crippen LogP contribution in [0, 0.1) is 6.92 Å². The lowest BCUT2D eigenvalue weighted by molar-refractivity contribution is -0.143. The molecule has 0 fully saturated rings. The van der Waals surface area contributed by atoms with E-state index in [9.17, 15) is 9.90 Å². The molecule has 1 aromatic heterocycles. The summed E-state index contributed by atoms with van der Waals surface area (Å²) in [6.07, 6.45) is 0. The van der Waals surface area contributed by atoms with Crippen LogP contribution in [0.3, 0.4) is 0 Å². The van der Waals surface area contributed by atoms with Crippen molar-refractivity contribution >= 4 is 5.97 Å². The van der Waals surface area contributed by atoms with Crippen LogP contribution >= 0.6 is 0 Å². The molecule has 0 aliphatic carbocycles. The van der Waals surface area contributed by atoms with Gasteiger partial charge in [-0.3, -0.25) is 9.69 Å². The van der Waals surface area contributed by atoms with Gasteiger partial charge in [0.2, 0.25) is 5.89 Å². The molecule has 0 bridgehead atoms. The molecule has 1 atom stereocenters. The number of aliphatic carboxylic acids is 1. The smallest absolute Gasteiger partial charge is 0.325 e. The van der Waals surface area contributed by atoms with Crippen LogP contribution in [-0.4, -0.2) is 39.3 Å². The molecule has 0 amide bonds. The van der Waals surface area contributed by atoms with Gasteiger partial charge in [-0.1, -0.05) is 23.4 Å². The van der Waals surface area contributed by atoms with Gasteiger partial charge >= 0.3 is 5.97 Å². The molecular weight excluding hydrogens is 274 g/mol. The van der Waals surface area contributed by atoms with Crippen LogP contribution in [0.15, 0.2) is 28.8 Å². The second-order valence-corrected chi connectivity index (χ2v) is 4.83. The van der Waals surface area contributed by atoms with Gasteiger partial charge in [0.1, 0.15) is 18.4 Å². The molecule has 3 rings (SSSR count). The summed E-state index contributed by atoms with van der Waals surface area (Å²) in [5, 5.41) is 13.4. The Kier molecular flexibility index (Phi) is 3.57. The van der Waals surface area contributed by atoms with Gasteiger partial charge in [-0.15, -0.1) is 0 Å². The number of aromatic nitrogens is 2. The van der Waals surface area contributed by atoms with Crippen LogP contribution in [0.1, 0.15) is 23.3 Å². The van der Waals surface area contributed by atoms with E-state index in [4.69, 9.17) is 9.26 Å². The number of aryl methyl sites for hydroxylation is 1. The molecular formula is C14H15N3O4. The fourth-order valence-corrected chi connectivity index (χ4v) is 2.48. The molecule has 0 saturated carbocycles. The van der Waals surface area contributed by atoms with E-state index >= 15 is 0 Å². The Bertz CT molecular complexity index is 655. The zero-order valence-corrected chi connectivity index (χ0v) is 11.5. The van der Waals surface area contributed by atoms with E-state index in [-0.39, 0.29) is 0 Å². The molecule has 0 saturated heterocycles. The first-order chi connectivity index (χ1) is 10.1. The van der Waals surface area contributed by atoms with Crippen LogP contribution in [0.4, 0.5) is 0 Å². The third-order valence-electron chi connectivity index (χ3n) is 3.36. The van der Waals surface area contributed by atoms with Gasteiger partial charge in [0.25, 0.3) is 0 Å². The first-order valence-corrected chi connectivity index (χ1v) is 6.63. The zero-order valence-electron chi connectivity index (χ0n) is 11.5. The van der Waals surface area contributed by atoms with E-state index in [1.165, 1.54) is 0 Å². The van der Waals surface area contributed by atoms with E-state index in [2.05, 4.69) is 10.1 Å². The van der Waals surface area contributed by atoms with Gasteiger partial charge in [-0.05, 0) is 6.07 Å². The van der Waals surface area contributed by atoms with Crippen molar-refractivity contribution in [2.45, 2.75) is 19.5 Å². The van der Waals surface area contributed by atoms with Gasteiger partial charge in [0.05, 0.1) is 6.54 Å². The van der Waals surface area contributed by atoms with E-state index in [0.29, 0.717) is 42.7 Å². The second-order valence-electron chi connectivity index (χ2n) is 4.83. The minimum absolute atomic E-state index is 0.298. The quantitative estimate of drug-likeness (QED) is 0.913. The number of carboxylic acid groups (broad SMARTS) is 1. The Balaban J connectivity index is 1.94. The van der Waals surface area contributed by atoms with Gasteiger partial charge in [-0.25, -0.2) is 0 Å². The molecule has 7 nitrogen and oxygen atoms in total. The summed E-state index contributed by atoms with van der Waals surface area (Å²) >= 11 is 0. The van der Waals surface area contributed by atoms with Crippen LogP contribution in [0.25, 0.3) is 0 Å². The van der Waals surface area contributed by atoms with E-state index in [1.807, 2.05) is 6.07 Å². The highest BCUT2D eigenvalue weighted by Gasteiger charge is 2.32. The minimum Gasteiger partial charge on any atom is -0.492 e. The van der Waals surface area contributed by atoms with Gasteiger partial charge in [0, 0.05) is 19.0 Å². The molecule has 1 aliphatic heterocycles. The van der Waals surface area contributed by atoms with Gasteiger partial charge in [0.15, 0.2) is 5.82 Å². The molecule has 2 aromatic rings. The van der Waals surface area contributed by atoms with Crippen molar-refractivity contribution in [3.8, 4) is 5.75 Å². The topological polar surface area (TPSA) is 88.7 Å². The number of carboxylic acids is 1. The largest absolute Gasteiger partial charge is 0.492 e. The molecule has 1 N–H and O–H groups in total. The minimum atomic E-state index is -0.923. The van der Waals surface area contributed by atoms with Gasteiger partial charge < -0.3 is 14.4 Å². The number of nitrogens with zero attached hydrogens (tertiary/aromatic N) is 3. The maximum Gasteiger partial charge on any atom is 0.325 e. The highest BCUT2D eigenvalue weighted by molar-refractivity contribution is 5.76. The first kappa shape index (κ1) is 13.6.